The summed E-state index contributed by atoms with van der Waals surface area (Å²) in [7, 11) is 0. The van der Waals surface area contributed by atoms with E-state index in [2.05, 4.69) is 41.0 Å². The van der Waals surface area contributed by atoms with Gasteiger partial charge >= 0.3 is 0 Å². The molecule has 1 unspecified atom stereocenters. The molecule has 1 aromatic rings. The number of nitrogens with zero attached hydrogens (tertiary/aromatic N) is 3. The normalized spacial score (nSPS) is 19.3. The van der Waals surface area contributed by atoms with Crippen molar-refractivity contribution in [2.75, 3.05) is 13.1 Å². The summed E-state index contributed by atoms with van der Waals surface area (Å²) in [6.07, 6.45) is 4.90. The van der Waals surface area contributed by atoms with E-state index in [4.69, 9.17) is 0 Å². The van der Waals surface area contributed by atoms with E-state index >= 15 is 0 Å². The van der Waals surface area contributed by atoms with Gasteiger partial charge in [0.1, 0.15) is 0 Å². The smallest absolute Gasteiger partial charge is 0.0944 e. The molecule has 0 spiro atoms. The van der Waals surface area contributed by atoms with Gasteiger partial charge in [-0.2, -0.15) is 4.91 Å². The molecule has 0 aliphatic carbocycles. The highest BCUT2D eigenvalue weighted by molar-refractivity contribution is 5.16. The standard InChI is InChI=1S/C15H23N3O/c1-3-12(2)15-5-4-13(10-16-15)11-18-8-6-14(17-19)7-9-18/h4-5,10,12,14H,3,6-9,11H2,1-2H3. The van der Waals surface area contributed by atoms with Gasteiger partial charge in [-0.1, -0.05) is 25.1 Å². The first-order valence-corrected chi connectivity index (χ1v) is 7.22. The highest BCUT2D eigenvalue weighted by atomic mass is 16.3. The third kappa shape index (κ3) is 3.83. The van der Waals surface area contributed by atoms with Crippen molar-refractivity contribution in [3.63, 3.8) is 0 Å². The lowest BCUT2D eigenvalue weighted by atomic mass is 10.0. The van der Waals surface area contributed by atoms with Crippen LogP contribution in [0.4, 0.5) is 0 Å². The lowest BCUT2D eigenvalue weighted by Gasteiger charge is -2.28. The minimum absolute atomic E-state index is 0.0298. The molecule has 1 saturated heterocycles. The van der Waals surface area contributed by atoms with Crippen LogP contribution >= 0.6 is 0 Å². The number of hydrogen-bond acceptors (Lipinski definition) is 4. The van der Waals surface area contributed by atoms with Crippen LogP contribution in [-0.2, 0) is 6.54 Å². The lowest BCUT2D eigenvalue weighted by Crippen LogP contribution is -2.34. The Labute approximate surface area is 115 Å². The number of rotatable bonds is 5. The molecular formula is C15H23N3O. The third-order valence-electron chi connectivity index (χ3n) is 4.08. The average Bonchev–Trinajstić information content (AvgIpc) is 2.48. The van der Waals surface area contributed by atoms with Crippen molar-refractivity contribution in [3.05, 3.63) is 34.5 Å². The molecule has 104 valence electrons. The molecule has 4 nitrogen and oxygen atoms in total. The molecule has 1 atom stereocenters. The minimum atomic E-state index is 0.0298. The topological polar surface area (TPSA) is 45.6 Å². The van der Waals surface area contributed by atoms with Gasteiger partial charge in [-0.15, -0.1) is 0 Å². The van der Waals surface area contributed by atoms with Gasteiger partial charge in [0, 0.05) is 31.5 Å². The van der Waals surface area contributed by atoms with Crippen molar-refractivity contribution in [1.29, 1.82) is 0 Å². The van der Waals surface area contributed by atoms with Gasteiger partial charge in [0.05, 0.1) is 6.04 Å². The van der Waals surface area contributed by atoms with E-state index in [9.17, 15) is 4.91 Å². The number of likely N-dealkylation sites (tertiary alicyclic amines) is 1. The molecule has 0 radical (unpaired) electrons. The summed E-state index contributed by atoms with van der Waals surface area (Å²) in [5, 5.41) is 3.14. The van der Waals surface area contributed by atoms with Gasteiger partial charge < -0.3 is 0 Å². The zero-order valence-electron chi connectivity index (χ0n) is 11.9. The van der Waals surface area contributed by atoms with Crippen molar-refractivity contribution < 1.29 is 0 Å². The van der Waals surface area contributed by atoms with E-state index < -0.39 is 0 Å². The Kier molecular flexibility index (Phi) is 5.02. The van der Waals surface area contributed by atoms with Gasteiger partial charge in [0.2, 0.25) is 0 Å². The Morgan fingerprint density at radius 3 is 2.68 bits per heavy atom. The number of nitroso groups, excluding NO2 is 1. The Morgan fingerprint density at radius 1 is 1.42 bits per heavy atom. The van der Waals surface area contributed by atoms with Crippen LogP contribution in [-0.4, -0.2) is 29.0 Å². The summed E-state index contributed by atoms with van der Waals surface area (Å²) in [5.41, 5.74) is 2.43. The Bertz CT molecular complexity index is 396. The molecule has 4 heteroatoms. The molecule has 2 heterocycles. The second-order valence-corrected chi connectivity index (χ2v) is 5.51. The van der Waals surface area contributed by atoms with Crippen molar-refractivity contribution in [2.45, 2.75) is 51.6 Å². The zero-order valence-corrected chi connectivity index (χ0v) is 11.9. The fourth-order valence-corrected chi connectivity index (χ4v) is 2.47. The monoisotopic (exact) mass is 261 g/mol. The van der Waals surface area contributed by atoms with E-state index in [1.54, 1.807) is 0 Å². The molecule has 0 bridgehead atoms. The van der Waals surface area contributed by atoms with Crippen LogP contribution in [0.3, 0.4) is 0 Å². The Balaban J connectivity index is 1.88. The first-order chi connectivity index (χ1) is 9.22. The predicted molar refractivity (Wildman–Crippen MR) is 77.0 cm³/mol. The van der Waals surface area contributed by atoms with Crippen LogP contribution in [0.2, 0.25) is 0 Å². The van der Waals surface area contributed by atoms with Crippen LogP contribution in [0, 0.1) is 4.91 Å². The Morgan fingerprint density at radius 2 is 2.16 bits per heavy atom. The number of piperidine rings is 1. The molecule has 0 amide bonds. The maximum Gasteiger partial charge on any atom is 0.0944 e. The van der Waals surface area contributed by atoms with Crippen molar-refractivity contribution in [1.82, 2.24) is 9.88 Å². The first-order valence-electron chi connectivity index (χ1n) is 7.22. The van der Waals surface area contributed by atoms with Crippen molar-refractivity contribution in [3.8, 4) is 0 Å². The molecule has 0 aromatic carbocycles. The molecule has 1 aliphatic heterocycles. The van der Waals surface area contributed by atoms with Gasteiger partial charge in [-0.25, -0.2) is 0 Å². The van der Waals surface area contributed by atoms with Crippen molar-refractivity contribution in [2.24, 2.45) is 5.18 Å². The fourth-order valence-electron chi connectivity index (χ4n) is 2.47. The number of hydrogen-bond donors (Lipinski definition) is 0. The average molecular weight is 261 g/mol. The summed E-state index contributed by atoms with van der Waals surface area (Å²) in [4.78, 5) is 17.4. The molecule has 0 saturated carbocycles. The van der Waals surface area contributed by atoms with E-state index in [0.717, 1.165) is 38.9 Å². The molecule has 19 heavy (non-hydrogen) atoms. The number of pyridine rings is 1. The Hall–Kier alpha value is -1.29. The van der Waals surface area contributed by atoms with E-state index in [0.29, 0.717) is 5.92 Å². The first kappa shape index (κ1) is 14.1. The largest absolute Gasteiger partial charge is 0.299 e. The van der Waals surface area contributed by atoms with Gasteiger partial charge in [0.15, 0.2) is 0 Å². The minimum Gasteiger partial charge on any atom is -0.299 e. The second-order valence-electron chi connectivity index (χ2n) is 5.51. The summed E-state index contributed by atoms with van der Waals surface area (Å²) in [6, 6.07) is 4.35. The maximum atomic E-state index is 10.5. The molecule has 0 N–H and O–H groups in total. The predicted octanol–water partition coefficient (Wildman–Crippen LogP) is 3.33. The zero-order chi connectivity index (χ0) is 13.7. The summed E-state index contributed by atoms with van der Waals surface area (Å²) >= 11 is 0. The van der Waals surface area contributed by atoms with Gasteiger partial charge in [-0.3, -0.25) is 9.88 Å². The molecule has 2 rings (SSSR count). The summed E-state index contributed by atoms with van der Waals surface area (Å²) in [5.74, 6) is 0.531. The fraction of sp³-hybridized carbons (Fsp3) is 0.667. The SMILES string of the molecule is CCC(C)c1ccc(CN2CCC(N=O)CC2)cn1. The quantitative estimate of drug-likeness (QED) is 0.764. The van der Waals surface area contributed by atoms with Crippen LogP contribution in [0.1, 0.15) is 50.3 Å². The second kappa shape index (κ2) is 6.75. The molecule has 1 aromatic heterocycles. The summed E-state index contributed by atoms with van der Waals surface area (Å²) in [6.45, 7) is 7.25. The van der Waals surface area contributed by atoms with Crippen molar-refractivity contribution >= 4 is 0 Å². The van der Waals surface area contributed by atoms with Crippen LogP contribution < -0.4 is 0 Å². The van der Waals surface area contributed by atoms with E-state index in [-0.39, 0.29) is 6.04 Å². The van der Waals surface area contributed by atoms with Crippen LogP contribution in [0.15, 0.2) is 23.5 Å². The lowest BCUT2D eigenvalue weighted by molar-refractivity contribution is 0.205. The maximum absolute atomic E-state index is 10.5. The van der Waals surface area contributed by atoms with Crippen LogP contribution in [0.5, 0.6) is 0 Å². The molecular weight excluding hydrogens is 238 g/mol. The van der Waals surface area contributed by atoms with Gasteiger partial charge in [0.25, 0.3) is 0 Å². The number of aromatic nitrogens is 1. The highest BCUT2D eigenvalue weighted by Gasteiger charge is 2.19. The van der Waals surface area contributed by atoms with E-state index in [1.807, 2.05) is 6.20 Å². The summed E-state index contributed by atoms with van der Waals surface area (Å²) < 4.78 is 0. The van der Waals surface area contributed by atoms with Gasteiger partial charge in [-0.05, 0) is 36.8 Å². The van der Waals surface area contributed by atoms with Crippen LogP contribution in [0.25, 0.3) is 0 Å². The molecule has 1 fully saturated rings. The highest BCUT2D eigenvalue weighted by Crippen LogP contribution is 2.18. The third-order valence-corrected chi connectivity index (χ3v) is 4.08. The molecule has 1 aliphatic rings. The van der Waals surface area contributed by atoms with E-state index in [1.165, 1.54) is 11.3 Å².